The predicted octanol–water partition coefficient (Wildman–Crippen LogP) is 8.78. The Morgan fingerprint density at radius 1 is 0.400 bits per heavy atom. The zero-order chi connectivity index (χ0) is 14.9. The maximum absolute atomic E-state index is 6.30. The van der Waals surface area contributed by atoms with Gasteiger partial charge >= 0.3 is 0 Å². The molecule has 0 N–H and O–H groups in total. The first-order chi connectivity index (χ1) is 9.29. The monoisotopic (exact) mass is 512 g/mol. The third-order valence-corrected chi connectivity index (χ3v) is 8.04. The Morgan fingerprint density at radius 2 is 0.750 bits per heavy atom. The van der Waals surface area contributed by atoms with Gasteiger partial charge in [0, 0.05) is 26.7 Å². The molecule has 0 nitrogen and oxygen atoms in total. The first kappa shape index (κ1) is 16.0. The summed E-state index contributed by atoms with van der Waals surface area (Å²) >= 11 is 44.0. The number of benzene rings is 2. The van der Waals surface area contributed by atoms with Crippen LogP contribution in [0.1, 0.15) is 0 Å². The van der Waals surface area contributed by atoms with Crippen LogP contribution in [0.2, 0.25) is 30.1 Å². The summed E-state index contributed by atoms with van der Waals surface area (Å²) in [7, 11) is 0. The molecule has 20 heavy (non-hydrogen) atoms. The van der Waals surface area contributed by atoms with Gasteiger partial charge in [-0.05, 0) is 31.9 Å². The Morgan fingerprint density at radius 3 is 1.25 bits per heavy atom. The normalized spacial score (nSPS) is 12.0. The minimum Gasteiger partial charge on any atom is -0.0820 e. The maximum Gasteiger partial charge on any atom is 0.0800 e. The lowest BCUT2D eigenvalue weighted by atomic mass is 9.80. The molecule has 0 amide bonds. The predicted molar refractivity (Wildman–Crippen MR) is 96.3 cm³/mol. The Labute approximate surface area is 161 Å². The van der Waals surface area contributed by atoms with Crippen LogP contribution in [0.5, 0.6) is 0 Å². The van der Waals surface area contributed by atoms with Gasteiger partial charge in [-0.25, -0.2) is 0 Å². The van der Waals surface area contributed by atoms with Crippen molar-refractivity contribution in [3.63, 3.8) is 0 Å². The summed E-state index contributed by atoms with van der Waals surface area (Å²) in [6.07, 6.45) is 0. The molecule has 104 valence electrons. The van der Waals surface area contributed by atoms with E-state index in [2.05, 4.69) is 31.9 Å². The molecular formula is C12Br2Cl6. The van der Waals surface area contributed by atoms with E-state index in [9.17, 15) is 0 Å². The number of halogens is 8. The fraction of sp³-hybridized carbons (Fsp3) is 0. The molecule has 0 fully saturated rings. The topological polar surface area (TPSA) is 0 Å². The number of hydrogen-bond donors (Lipinski definition) is 0. The van der Waals surface area contributed by atoms with Gasteiger partial charge in [-0.15, -0.1) is 0 Å². The lowest BCUT2D eigenvalue weighted by Gasteiger charge is -2.31. The molecular weight excluding hydrogens is 517 g/mol. The molecule has 0 bridgehead atoms. The van der Waals surface area contributed by atoms with Crippen molar-refractivity contribution in [1.82, 2.24) is 0 Å². The highest BCUT2D eigenvalue weighted by Gasteiger charge is 2.37. The van der Waals surface area contributed by atoms with E-state index in [1.54, 1.807) is 0 Å². The van der Waals surface area contributed by atoms with E-state index in [4.69, 9.17) is 69.6 Å². The van der Waals surface area contributed by atoms with Crippen molar-refractivity contribution in [2.45, 2.75) is 0 Å². The average Bonchev–Trinajstić information content (AvgIpc) is 2.39. The summed E-state index contributed by atoms with van der Waals surface area (Å²) < 4.78 is 1.39. The zero-order valence-electron chi connectivity index (χ0n) is 9.02. The van der Waals surface area contributed by atoms with Gasteiger partial charge in [0.1, 0.15) is 0 Å². The van der Waals surface area contributed by atoms with Crippen molar-refractivity contribution < 1.29 is 0 Å². The van der Waals surface area contributed by atoms with Crippen LogP contribution in [0.4, 0.5) is 0 Å². The van der Waals surface area contributed by atoms with Gasteiger partial charge in [-0.2, -0.15) is 0 Å². The molecule has 0 aliphatic heterocycles. The van der Waals surface area contributed by atoms with Crippen LogP contribution in [0.15, 0.2) is 8.95 Å². The lowest BCUT2D eigenvalue weighted by molar-refractivity contribution is 1.47. The SMILES string of the molecule is Clc1c(Cl)c(Cl)c2c(c1Cl)-c1c(Cl)c(Cl)c(Br)c(Br)c1-2. The molecule has 2 aromatic rings. The van der Waals surface area contributed by atoms with Crippen molar-refractivity contribution in [3.8, 4) is 22.3 Å². The Hall–Kier alpha value is 1.14. The van der Waals surface area contributed by atoms with Gasteiger partial charge in [0.2, 0.25) is 0 Å². The summed E-state index contributed by atoms with van der Waals surface area (Å²) in [4.78, 5) is 0. The van der Waals surface area contributed by atoms with E-state index in [1.165, 1.54) is 0 Å². The number of rotatable bonds is 0. The van der Waals surface area contributed by atoms with E-state index in [0.29, 0.717) is 41.3 Å². The highest BCUT2D eigenvalue weighted by molar-refractivity contribution is 9.13. The van der Waals surface area contributed by atoms with Crippen molar-refractivity contribution in [2.75, 3.05) is 0 Å². The smallest absolute Gasteiger partial charge is 0.0800 e. The van der Waals surface area contributed by atoms with Gasteiger partial charge in [0.05, 0.1) is 34.6 Å². The molecule has 0 saturated heterocycles. The van der Waals surface area contributed by atoms with Gasteiger partial charge in [-0.1, -0.05) is 69.6 Å². The van der Waals surface area contributed by atoms with E-state index in [-0.39, 0.29) is 10.0 Å². The third kappa shape index (κ3) is 1.93. The third-order valence-electron chi connectivity index (χ3n) is 3.03. The summed E-state index contributed by atoms with van der Waals surface area (Å²) in [5.74, 6) is 0. The second-order valence-electron chi connectivity index (χ2n) is 4.01. The Bertz CT molecular complexity index is 652. The second-order valence-corrected chi connectivity index (χ2v) is 7.87. The molecule has 0 radical (unpaired) electrons. The van der Waals surface area contributed by atoms with Crippen LogP contribution in [-0.4, -0.2) is 0 Å². The highest BCUT2D eigenvalue weighted by atomic mass is 79.9. The molecule has 3 rings (SSSR count). The highest BCUT2D eigenvalue weighted by Crippen LogP contribution is 2.64. The van der Waals surface area contributed by atoms with Gasteiger partial charge in [-0.3, -0.25) is 0 Å². The average molecular weight is 517 g/mol. The summed E-state index contributed by atoms with van der Waals surface area (Å²) in [5.41, 5.74) is 2.91. The summed E-state index contributed by atoms with van der Waals surface area (Å²) in [5, 5.41) is 1.86. The standard InChI is InChI=1S/C12Br2Cl6/c13-5-1-2(7(15)10(18)6(5)14)4-3(1)8(16)11(19)12(20)9(4)17. The Kier molecular flexibility index (Phi) is 4.28. The van der Waals surface area contributed by atoms with Crippen LogP contribution in [0.3, 0.4) is 0 Å². The van der Waals surface area contributed by atoms with Crippen molar-refractivity contribution in [3.05, 3.63) is 39.1 Å². The molecule has 0 spiro atoms. The minimum atomic E-state index is 0.203. The first-order valence-corrected chi connectivity index (χ1v) is 8.87. The van der Waals surface area contributed by atoms with E-state index in [0.717, 1.165) is 10.0 Å². The largest absolute Gasteiger partial charge is 0.0820 e. The summed E-state index contributed by atoms with van der Waals surface area (Å²) in [6, 6.07) is 0. The number of fused-ring (bicyclic) bond motifs is 4. The van der Waals surface area contributed by atoms with Crippen LogP contribution in [0, 0.1) is 0 Å². The minimum absolute atomic E-state index is 0.203. The van der Waals surface area contributed by atoms with Crippen LogP contribution in [0.25, 0.3) is 22.3 Å². The number of hydrogen-bond acceptors (Lipinski definition) is 0. The van der Waals surface area contributed by atoms with Gasteiger partial charge in [0.25, 0.3) is 0 Å². The Balaban J connectivity index is 2.49. The molecule has 0 heterocycles. The molecule has 1 aliphatic rings. The van der Waals surface area contributed by atoms with Crippen molar-refractivity contribution in [2.24, 2.45) is 0 Å². The maximum atomic E-state index is 6.30. The zero-order valence-corrected chi connectivity index (χ0v) is 16.7. The molecule has 0 aromatic heterocycles. The fourth-order valence-corrected chi connectivity index (χ4v) is 4.87. The lowest BCUT2D eigenvalue weighted by Crippen LogP contribution is -2.05. The van der Waals surface area contributed by atoms with Crippen LogP contribution < -0.4 is 0 Å². The van der Waals surface area contributed by atoms with Crippen molar-refractivity contribution >= 4 is 101 Å². The first-order valence-electron chi connectivity index (χ1n) is 5.01. The van der Waals surface area contributed by atoms with Crippen LogP contribution in [-0.2, 0) is 0 Å². The van der Waals surface area contributed by atoms with Crippen molar-refractivity contribution in [1.29, 1.82) is 0 Å². The van der Waals surface area contributed by atoms with Gasteiger partial charge < -0.3 is 0 Å². The fourth-order valence-electron chi connectivity index (χ4n) is 2.14. The molecule has 8 heteroatoms. The van der Waals surface area contributed by atoms with Crippen LogP contribution >= 0.6 is 101 Å². The molecule has 2 aromatic carbocycles. The van der Waals surface area contributed by atoms with E-state index < -0.39 is 0 Å². The summed E-state index contributed by atoms with van der Waals surface area (Å²) in [6.45, 7) is 0. The molecule has 0 atom stereocenters. The molecule has 0 saturated carbocycles. The molecule has 1 aliphatic carbocycles. The second kappa shape index (κ2) is 5.35. The van der Waals surface area contributed by atoms with E-state index >= 15 is 0 Å². The van der Waals surface area contributed by atoms with E-state index in [1.807, 2.05) is 0 Å². The van der Waals surface area contributed by atoms with Gasteiger partial charge in [0.15, 0.2) is 0 Å². The molecule has 0 unspecified atom stereocenters. The quantitative estimate of drug-likeness (QED) is 0.207.